The molecule has 0 aliphatic rings. The lowest BCUT2D eigenvalue weighted by molar-refractivity contribution is 0.434. The van der Waals surface area contributed by atoms with Crippen molar-refractivity contribution in [2.75, 3.05) is 0 Å². The van der Waals surface area contributed by atoms with Crippen LogP contribution in [0.5, 0.6) is 0 Å². The van der Waals surface area contributed by atoms with Crippen LogP contribution in [0, 0.1) is 5.92 Å². The summed E-state index contributed by atoms with van der Waals surface area (Å²) in [6.45, 7) is 6.82. The van der Waals surface area contributed by atoms with Crippen LogP contribution in [0.1, 0.15) is 52.9 Å². The molecule has 0 aromatic rings. The SMILES string of the molecule is CCC(CC)CCCC(C)Br. The summed E-state index contributed by atoms with van der Waals surface area (Å²) in [5.74, 6) is 0.973. The van der Waals surface area contributed by atoms with Gasteiger partial charge in [0, 0.05) is 4.83 Å². The highest BCUT2D eigenvalue weighted by Crippen LogP contribution is 2.18. The molecule has 0 saturated heterocycles. The van der Waals surface area contributed by atoms with E-state index in [0.717, 1.165) is 5.92 Å². The summed E-state index contributed by atoms with van der Waals surface area (Å²) in [7, 11) is 0. The monoisotopic (exact) mass is 220 g/mol. The Hall–Kier alpha value is 0.480. The van der Waals surface area contributed by atoms with Crippen molar-refractivity contribution in [1.82, 2.24) is 0 Å². The molecule has 0 aromatic carbocycles. The van der Waals surface area contributed by atoms with Crippen molar-refractivity contribution in [2.24, 2.45) is 5.92 Å². The van der Waals surface area contributed by atoms with E-state index in [9.17, 15) is 0 Å². The molecule has 0 saturated carbocycles. The van der Waals surface area contributed by atoms with E-state index in [1.165, 1.54) is 32.1 Å². The molecule has 1 heteroatoms. The van der Waals surface area contributed by atoms with Crippen molar-refractivity contribution < 1.29 is 0 Å². The summed E-state index contributed by atoms with van der Waals surface area (Å²) in [6.07, 6.45) is 6.85. The van der Waals surface area contributed by atoms with E-state index in [1.54, 1.807) is 0 Å². The fraction of sp³-hybridized carbons (Fsp3) is 1.00. The van der Waals surface area contributed by atoms with Gasteiger partial charge in [-0.3, -0.25) is 0 Å². The standard InChI is InChI=1S/C10H21Br/c1-4-10(5-2)8-6-7-9(3)11/h9-10H,4-8H2,1-3H3. The van der Waals surface area contributed by atoms with E-state index in [4.69, 9.17) is 0 Å². The van der Waals surface area contributed by atoms with Gasteiger partial charge in [-0.05, 0) is 12.3 Å². The van der Waals surface area contributed by atoms with Crippen LogP contribution in [0.25, 0.3) is 0 Å². The molecule has 0 N–H and O–H groups in total. The third-order valence-corrected chi connectivity index (χ3v) is 2.83. The highest BCUT2D eigenvalue weighted by Gasteiger charge is 2.03. The Bertz CT molecular complexity index is 74.9. The highest BCUT2D eigenvalue weighted by molar-refractivity contribution is 9.09. The van der Waals surface area contributed by atoms with Gasteiger partial charge in [-0.2, -0.15) is 0 Å². The lowest BCUT2D eigenvalue weighted by atomic mass is 9.96. The molecule has 0 rings (SSSR count). The van der Waals surface area contributed by atoms with E-state index >= 15 is 0 Å². The molecule has 0 radical (unpaired) electrons. The number of alkyl halides is 1. The molecule has 0 spiro atoms. The van der Waals surface area contributed by atoms with E-state index in [2.05, 4.69) is 36.7 Å². The smallest absolute Gasteiger partial charge is 0.0117 e. The second-order valence-corrected chi connectivity index (χ2v) is 4.96. The molecule has 0 heterocycles. The summed E-state index contributed by atoms with van der Waals surface area (Å²) >= 11 is 3.57. The molecule has 1 unspecified atom stereocenters. The first-order chi connectivity index (χ1) is 5.20. The molecule has 0 aliphatic carbocycles. The van der Waals surface area contributed by atoms with Crippen LogP contribution in [0.4, 0.5) is 0 Å². The summed E-state index contributed by atoms with van der Waals surface area (Å²) in [5, 5.41) is 0. The number of hydrogen-bond acceptors (Lipinski definition) is 0. The minimum absolute atomic E-state index is 0.705. The van der Waals surface area contributed by atoms with E-state index < -0.39 is 0 Å². The molecule has 68 valence electrons. The molecule has 0 bridgehead atoms. The normalized spacial score (nSPS) is 13.9. The van der Waals surface area contributed by atoms with Crippen LogP contribution in [-0.4, -0.2) is 4.83 Å². The van der Waals surface area contributed by atoms with Gasteiger partial charge in [0.2, 0.25) is 0 Å². The average Bonchev–Trinajstić information content (AvgIpc) is 1.98. The van der Waals surface area contributed by atoms with Crippen LogP contribution in [0.3, 0.4) is 0 Å². The van der Waals surface area contributed by atoms with Gasteiger partial charge in [-0.15, -0.1) is 0 Å². The van der Waals surface area contributed by atoms with Crippen molar-refractivity contribution in [3.05, 3.63) is 0 Å². The van der Waals surface area contributed by atoms with Crippen LogP contribution in [-0.2, 0) is 0 Å². The maximum Gasteiger partial charge on any atom is 0.0117 e. The zero-order chi connectivity index (χ0) is 8.69. The van der Waals surface area contributed by atoms with Gasteiger partial charge in [0.1, 0.15) is 0 Å². The minimum atomic E-state index is 0.705. The molecular formula is C10H21Br. The predicted octanol–water partition coefficient (Wildman–Crippen LogP) is 4.38. The third-order valence-electron chi connectivity index (χ3n) is 2.37. The Kier molecular flexibility index (Phi) is 7.46. The van der Waals surface area contributed by atoms with Crippen molar-refractivity contribution in [3.63, 3.8) is 0 Å². The van der Waals surface area contributed by atoms with Crippen LogP contribution >= 0.6 is 15.9 Å². The van der Waals surface area contributed by atoms with Crippen molar-refractivity contribution in [1.29, 1.82) is 0 Å². The van der Waals surface area contributed by atoms with Crippen LogP contribution in [0.2, 0.25) is 0 Å². The first-order valence-corrected chi connectivity index (χ1v) is 5.76. The maximum absolute atomic E-state index is 3.57. The quantitative estimate of drug-likeness (QED) is 0.584. The highest BCUT2D eigenvalue weighted by atomic mass is 79.9. The fourth-order valence-corrected chi connectivity index (χ4v) is 1.71. The number of hydrogen-bond donors (Lipinski definition) is 0. The van der Waals surface area contributed by atoms with Crippen molar-refractivity contribution >= 4 is 15.9 Å². The van der Waals surface area contributed by atoms with Crippen molar-refractivity contribution in [3.8, 4) is 0 Å². The minimum Gasteiger partial charge on any atom is -0.0894 e. The van der Waals surface area contributed by atoms with Gasteiger partial charge in [0.15, 0.2) is 0 Å². The first-order valence-electron chi connectivity index (χ1n) is 4.84. The van der Waals surface area contributed by atoms with E-state index in [0.29, 0.717) is 4.83 Å². The van der Waals surface area contributed by atoms with Gasteiger partial charge in [-0.25, -0.2) is 0 Å². The van der Waals surface area contributed by atoms with E-state index in [-0.39, 0.29) is 0 Å². The molecule has 0 aliphatic heterocycles. The Labute approximate surface area is 79.9 Å². The third kappa shape index (κ3) is 6.86. The largest absolute Gasteiger partial charge is 0.0894 e. The van der Waals surface area contributed by atoms with Crippen LogP contribution in [0.15, 0.2) is 0 Å². The molecule has 0 aromatic heterocycles. The van der Waals surface area contributed by atoms with Crippen molar-refractivity contribution in [2.45, 2.75) is 57.7 Å². The topological polar surface area (TPSA) is 0 Å². The second-order valence-electron chi connectivity index (χ2n) is 3.39. The van der Waals surface area contributed by atoms with Gasteiger partial charge < -0.3 is 0 Å². The second kappa shape index (κ2) is 7.15. The first kappa shape index (κ1) is 11.5. The molecule has 0 fully saturated rings. The molecular weight excluding hydrogens is 200 g/mol. The summed E-state index contributed by atoms with van der Waals surface area (Å²) in [6, 6.07) is 0. The molecule has 11 heavy (non-hydrogen) atoms. The Morgan fingerprint density at radius 2 is 1.64 bits per heavy atom. The zero-order valence-electron chi connectivity index (χ0n) is 8.07. The Balaban J connectivity index is 3.21. The lowest BCUT2D eigenvalue weighted by Crippen LogP contribution is -1.98. The van der Waals surface area contributed by atoms with Gasteiger partial charge in [0.05, 0.1) is 0 Å². The molecule has 0 amide bonds. The average molecular weight is 221 g/mol. The Morgan fingerprint density at radius 1 is 1.09 bits per heavy atom. The Morgan fingerprint density at radius 3 is 2.00 bits per heavy atom. The number of rotatable bonds is 6. The summed E-state index contributed by atoms with van der Waals surface area (Å²) in [5.41, 5.74) is 0. The van der Waals surface area contributed by atoms with E-state index in [1.807, 2.05) is 0 Å². The summed E-state index contributed by atoms with van der Waals surface area (Å²) < 4.78 is 0. The molecule has 1 atom stereocenters. The lowest BCUT2D eigenvalue weighted by Gasteiger charge is -2.11. The molecule has 0 nitrogen and oxygen atoms in total. The van der Waals surface area contributed by atoms with Gasteiger partial charge >= 0.3 is 0 Å². The fourth-order valence-electron chi connectivity index (χ4n) is 1.38. The zero-order valence-corrected chi connectivity index (χ0v) is 9.65. The van der Waals surface area contributed by atoms with Gasteiger partial charge in [-0.1, -0.05) is 62.4 Å². The van der Waals surface area contributed by atoms with Gasteiger partial charge in [0.25, 0.3) is 0 Å². The number of halogens is 1. The summed E-state index contributed by atoms with van der Waals surface area (Å²) in [4.78, 5) is 0.705. The predicted molar refractivity (Wildman–Crippen MR) is 56.3 cm³/mol. The van der Waals surface area contributed by atoms with Crippen LogP contribution < -0.4 is 0 Å². The maximum atomic E-state index is 3.57.